The van der Waals surface area contributed by atoms with E-state index in [0.29, 0.717) is 11.9 Å². The summed E-state index contributed by atoms with van der Waals surface area (Å²) < 4.78 is 37.2. The van der Waals surface area contributed by atoms with E-state index in [1.807, 2.05) is 0 Å². The summed E-state index contributed by atoms with van der Waals surface area (Å²) in [6.07, 6.45) is -3.93. The lowest BCUT2D eigenvalue weighted by molar-refractivity contribution is -0.137. The van der Waals surface area contributed by atoms with Crippen molar-refractivity contribution in [2.75, 3.05) is 0 Å². The summed E-state index contributed by atoms with van der Waals surface area (Å²) in [5, 5.41) is 8.50. The molecule has 0 atom stereocenters. The first kappa shape index (κ1) is 10.6. The van der Waals surface area contributed by atoms with E-state index < -0.39 is 11.7 Å². The van der Waals surface area contributed by atoms with Crippen LogP contribution in [0.2, 0.25) is 0 Å². The van der Waals surface area contributed by atoms with Gasteiger partial charge < -0.3 is 0 Å². The van der Waals surface area contributed by atoms with E-state index in [2.05, 4.69) is 0 Å². The molecule has 0 aliphatic rings. The lowest BCUT2D eigenvalue weighted by Crippen LogP contribution is -2.08. The second kappa shape index (κ2) is 3.75. The molecule has 1 aromatic carbocycles. The molecule has 0 fully saturated rings. The third-order valence-corrected chi connectivity index (χ3v) is 1.92. The molecule has 1 nitrogen and oxygen atoms in total. The highest BCUT2D eigenvalue weighted by molar-refractivity contribution is 6.08. The highest BCUT2D eigenvalue weighted by Crippen LogP contribution is 2.32. The molecule has 14 heavy (non-hydrogen) atoms. The normalized spacial score (nSPS) is 11.0. The Morgan fingerprint density at radius 3 is 2.43 bits per heavy atom. The van der Waals surface area contributed by atoms with Gasteiger partial charge in [-0.3, -0.25) is 0 Å². The molecule has 72 valence electrons. The molecular weight excluding hydrogens is 190 g/mol. The molecule has 0 unspecified atom stereocenters. The van der Waals surface area contributed by atoms with Crippen LogP contribution < -0.4 is 0 Å². The van der Waals surface area contributed by atoms with Crippen molar-refractivity contribution in [3.8, 4) is 6.07 Å². The van der Waals surface area contributed by atoms with Gasteiger partial charge in [0.05, 0.1) is 17.2 Å². The molecule has 0 heterocycles. The maximum Gasteiger partial charge on any atom is 0.417 e. The Balaban J connectivity index is 3.31. The van der Waals surface area contributed by atoms with E-state index >= 15 is 0 Å². The van der Waals surface area contributed by atoms with Gasteiger partial charge in [-0.05, 0) is 12.1 Å². The number of nitriles is 1. The van der Waals surface area contributed by atoms with Crippen LogP contribution in [0.5, 0.6) is 0 Å². The Labute approximate surface area is 80.6 Å². The van der Waals surface area contributed by atoms with Crippen LogP contribution in [0.4, 0.5) is 13.2 Å². The highest BCUT2D eigenvalue weighted by Gasteiger charge is 2.33. The molecule has 0 saturated heterocycles. The lowest BCUT2D eigenvalue weighted by Gasteiger charge is -2.09. The first-order valence-corrected chi connectivity index (χ1v) is 4.09. The number of halogens is 3. The first-order valence-electron chi connectivity index (χ1n) is 4.09. The van der Waals surface area contributed by atoms with Crippen molar-refractivity contribution in [2.24, 2.45) is 0 Å². The Morgan fingerprint density at radius 2 is 2.00 bits per heavy atom. The van der Waals surface area contributed by atoms with Crippen LogP contribution in [0.15, 0.2) is 18.2 Å². The third-order valence-electron chi connectivity index (χ3n) is 1.92. The van der Waals surface area contributed by atoms with Crippen molar-refractivity contribution >= 4 is 7.85 Å². The van der Waals surface area contributed by atoms with Crippen LogP contribution in [-0.4, -0.2) is 7.85 Å². The van der Waals surface area contributed by atoms with Crippen molar-refractivity contribution in [1.82, 2.24) is 0 Å². The summed E-state index contributed by atoms with van der Waals surface area (Å²) in [6, 6.07) is 5.31. The molecule has 0 N–H and O–H groups in total. The standard InChI is InChI=1S/C9H7BF3N/c10-4-6-1-2-7(5-14)8(3-6)9(11,12)13/h1-3H,4,10H2. The number of alkyl halides is 3. The largest absolute Gasteiger partial charge is 0.417 e. The fourth-order valence-corrected chi connectivity index (χ4v) is 1.14. The van der Waals surface area contributed by atoms with Crippen LogP contribution in [0.1, 0.15) is 16.7 Å². The van der Waals surface area contributed by atoms with Crippen LogP contribution in [0.3, 0.4) is 0 Å². The van der Waals surface area contributed by atoms with Gasteiger partial charge in [0.1, 0.15) is 7.85 Å². The molecule has 0 saturated carbocycles. The Kier molecular flexibility index (Phi) is 2.85. The van der Waals surface area contributed by atoms with Crippen molar-refractivity contribution in [2.45, 2.75) is 12.5 Å². The van der Waals surface area contributed by atoms with E-state index in [0.717, 1.165) is 6.07 Å². The SMILES string of the molecule is BCc1ccc(C#N)c(C(F)(F)F)c1. The van der Waals surface area contributed by atoms with Crippen LogP contribution in [0.25, 0.3) is 0 Å². The van der Waals surface area contributed by atoms with E-state index in [1.54, 1.807) is 7.85 Å². The average molecular weight is 197 g/mol. The van der Waals surface area contributed by atoms with Gasteiger partial charge in [0.2, 0.25) is 0 Å². The van der Waals surface area contributed by atoms with Crippen molar-refractivity contribution in [1.29, 1.82) is 5.26 Å². The van der Waals surface area contributed by atoms with Gasteiger partial charge in [0, 0.05) is 0 Å². The zero-order valence-electron chi connectivity index (χ0n) is 7.52. The van der Waals surface area contributed by atoms with Crippen LogP contribution in [-0.2, 0) is 12.5 Å². The molecule has 0 aliphatic heterocycles. The summed E-state index contributed by atoms with van der Waals surface area (Å²) in [7, 11) is 1.77. The molecule has 0 spiro atoms. The van der Waals surface area contributed by atoms with E-state index in [9.17, 15) is 13.2 Å². The average Bonchev–Trinajstić information content (AvgIpc) is 2.15. The highest BCUT2D eigenvalue weighted by atomic mass is 19.4. The first-order chi connectivity index (χ1) is 6.49. The molecule has 0 aliphatic carbocycles. The van der Waals surface area contributed by atoms with Crippen molar-refractivity contribution in [3.63, 3.8) is 0 Å². The predicted octanol–water partition coefficient (Wildman–Crippen LogP) is 1.71. The Hall–Kier alpha value is -1.44. The molecule has 1 aromatic rings. The minimum Gasteiger partial charge on any atom is -0.192 e. The molecule has 0 radical (unpaired) electrons. The Bertz CT molecular complexity index is 379. The van der Waals surface area contributed by atoms with Gasteiger partial charge in [-0.2, -0.15) is 18.4 Å². The van der Waals surface area contributed by atoms with Crippen molar-refractivity contribution < 1.29 is 13.2 Å². The monoisotopic (exact) mass is 197 g/mol. The van der Waals surface area contributed by atoms with Gasteiger partial charge >= 0.3 is 6.18 Å². The lowest BCUT2D eigenvalue weighted by atomic mass is 9.94. The van der Waals surface area contributed by atoms with Gasteiger partial charge in [-0.15, -0.1) is 0 Å². The number of hydrogen-bond acceptors (Lipinski definition) is 1. The molecule has 1 rings (SSSR count). The van der Waals surface area contributed by atoms with Gasteiger partial charge in [-0.1, -0.05) is 17.9 Å². The third kappa shape index (κ3) is 2.08. The fourth-order valence-electron chi connectivity index (χ4n) is 1.14. The second-order valence-corrected chi connectivity index (χ2v) is 2.84. The van der Waals surface area contributed by atoms with Crippen LogP contribution in [0, 0.1) is 11.3 Å². The summed E-state index contributed by atoms with van der Waals surface area (Å²) >= 11 is 0. The summed E-state index contributed by atoms with van der Waals surface area (Å²) in [5.41, 5.74) is -0.592. The number of benzene rings is 1. The summed E-state index contributed by atoms with van der Waals surface area (Å²) in [5.74, 6) is 0. The molecular formula is C9H7BF3N. The summed E-state index contributed by atoms with van der Waals surface area (Å²) in [6.45, 7) is 0. The molecule has 0 aromatic heterocycles. The minimum atomic E-state index is -4.45. The Morgan fingerprint density at radius 1 is 1.36 bits per heavy atom. The zero-order valence-corrected chi connectivity index (χ0v) is 7.52. The zero-order chi connectivity index (χ0) is 10.8. The molecule has 5 heteroatoms. The second-order valence-electron chi connectivity index (χ2n) is 2.84. The summed E-state index contributed by atoms with van der Waals surface area (Å²) in [4.78, 5) is 0. The van der Waals surface area contributed by atoms with Gasteiger partial charge in [0.15, 0.2) is 0 Å². The van der Waals surface area contributed by atoms with E-state index in [1.165, 1.54) is 18.2 Å². The molecule has 0 bridgehead atoms. The van der Waals surface area contributed by atoms with E-state index in [-0.39, 0.29) is 5.56 Å². The van der Waals surface area contributed by atoms with Crippen LogP contribution >= 0.6 is 0 Å². The maximum absolute atomic E-state index is 12.4. The predicted molar refractivity (Wildman–Crippen MR) is 48.4 cm³/mol. The fraction of sp³-hybridized carbons (Fsp3) is 0.222. The number of rotatable bonds is 1. The number of hydrogen-bond donors (Lipinski definition) is 0. The smallest absolute Gasteiger partial charge is 0.192 e. The topological polar surface area (TPSA) is 23.8 Å². The number of nitrogens with zero attached hydrogens (tertiary/aromatic N) is 1. The molecule has 0 amide bonds. The minimum absolute atomic E-state index is 0.324. The van der Waals surface area contributed by atoms with E-state index in [4.69, 9.17) is 5.26 Å². The quantitative estimate of drug-likeness (QED) is 0.628. The van der Waals surface area contributed by atoms with Gasteiger partial charge in [-0.25, -0.2) is 0 Å². The van der Waals surface area contributed by atoms with Crippen molar-refractivity contribution in [3.05, 3.63) is 34.9 Å². The maximum atomic E-state index is 12.4. The van der Waals surface area contributed by atoms with Gasteiger partial charge in [0.25, 0.3) is 0 Å².